The van der Waals surface area contributed by atoms with Gasteiger partial charge in [-0.1, -0.05) is 18.2 Å². The molecule has 0 radical (unpaired) electrons. The first-order chi connectivity index (χ1) is 20.9. The number of sulfone groups is 1. The van der Waals surface area contributed by atoms with Gasteiger partial charge in [0.15, 0.2) is 15.7 Å². The van der Waals surface area contributed by atoms with E-state index in [1.165, 1.54) is 18.2 Å². The van der Waals surface area contributed by atoms with Crippen LogP contribution < -0.4 is 10.6 Å². The molecule has 0 unspecified atom stereocenters. The molecule has 234 valence electrons. The van der Waals surface area contributed by atoms with Gasteiger partial charge in [-0.05, 0) is 51.6 Å². The van der Waals surface area contributed by atoms with Crippen LogP contribution in [-0.4, -0.2) is 97.3 Å². The second-order valence-electron chi connectivity index (χ2n) is 11.4. The molecule has 3 heterocycles. The molecular formula is C31H38FN7O4S. The molecule has 0 spiro atoms. The highest BCUT2D eigenvalue weighted by molar-refractivity contribution is 7.90. The minimum absolute atomic E-state index is 0.0543. The zero-order valence-corrected chi connectivity index (χ0v) is 26.5. The molecule has 0 aliphatic carbocycles. The van der Waals surface area contributed by atoms with E-state index in [0.29, 0.717) is 23.5 Å². The van der Waals surface area contributed by atoms with Crippen molar-refractivity contribution in [3.63, 3.8) is 0 Å². The number of fused-ring (bicyclic) bond motifs is 1. The van der Waals surface area contributed by atoms with Crippen molar-refractivity contribution in [3.8, 4) is 11.3 Å². The van der Waals surface area contributed by atoms with Crippen LogP contribution >= 0.6 is 0 Å². The van der Waals surface area contributed by atoms with E-state index < -0.39 is 26.6 Å². The van der Waals surface area contributed by atoms with Gasteiger partial charge in [-0.25, -0.2) is 22.8 Å². The summed E-state index contributed by atoms with van der Waals surface area (Å²) in [5.74, 6) is -0.949. The molecule has 0 saturated carbocycles. The van der Waals surface area contributed by atoms with Gasteiger partial charge >= 0.3 is 0 Å². The van der Waals surface area contributed by atoms with Gasteiger partial charge < -0.3 is 20.4 Å². The average molecular weight is 624 g/mol. The van der Waals surface area contributed by atoms with Crippen LogP contribution in [0.1, 0.15) is 19.4 Å². The molecule has 1 fully saturated rings. The van der Waals surface area contributed by atoms with E-state index >= 15 is 0 Å². The molecular weight excluding hydrogens is 585 g/mol. The van der Waals surface area contributed by atoms with E-state index in [4.69, 9.17) is 4.74 Å². The summed E-state index contributed by atoms with van der Waals surface area (Å²) in [6, 6.07) is 9.87. The normalized spacial score (nSPS) is 18.8. The number of piperazine rings is 1. The van der Waals surface area contributed by atoms with Crippen molar-refractivity contribution in [3.05, 3.63) is 60.2 Å². The fraction of sp³-hybridized carbons (Fsp3) is 0.387. The Morgan fingerprint density at radius 2 is 1.84 bits per heavy atom. The molecule has 1 aliphatic heterocycles. The van der Waals surface area contributed by atoms with Crippen LogP contribution in [0.4, 0.5) is 21.7 Å². The highest BCUT2D eigenvalue weighted by Gasteiger charge is 2.34. The molecule has 0 bridgehead atoms. The third-order valence-corrected chi connectivity index (χ3v) is 9.38. The molecule has 2 aromatic heterocycles. The Balaban J connectivity index is 1.43. The third kappa shape index (κ3) is 6.32. The number of carbonyl (C=O) groups excluding carboxylic acids is 1. The number of aromatic nitrogens is 3. The number of rotatable bonds is 9. The minimum Gasteiger partial charge on any atom is -0.383 e. The molecule has 13 heteroatoms. The molecule has 2 aromatic carbocycles. The first-order valence-corrected chi connectivity index (χ1v) is 16.2. The highest BCUT2D eigenvalue weighted by Crippen LogP contribution is 2.34. The van der Waals surface area contributed by atoms with Gasteiger partial charge in [-0.3, -0.25) is 14.6 Å². The van der Waals surface area contributed by atoms with Gasteiger partial charge in [-0.2, -0.15) is 0 Å². The second-order valence-corrected chi connectivity index (χ2v) is 13.4. The SMILES string of the molecule is COC[C@@H](C(=O)Nc1cccc2c(-c3nc(Nc4cccc(S(C)(=O)=O)c4F)ncc3C)c[nH]c12)N1C[C@H](C)N(C)[C@@H](C)C1. The minimum atomic E-state index is -3.76. The predicted molar refractivity (Wildman–Crippen MR) is 169 cm³/mol. The lowest BCUT2D eigenvalue weighted by atomic mass is 10.1. The Morgan fingerprint density at radius 3 is 2.52 bits per heavy atom. The number of para-hydroxylation sites is 1. The maximum absolute atomic E-state index is 15.0. The highest BCUT2D eigenvalue weighted by atomic mass is 32.2. The summed E-state index contributed by atoms with van der Waals surface area (Å²) >= 11 is 0. The van der Waals surface area contributed by atoms with Gasteiger partial charge in [0.05, 0.1) is 29.2 Å². The first-order valence-electron chi connectivity index (χ1n) is 14.3. The summed E-state index contributed by atoms with van der Waals surface area (Å²) < 4.78 is 44.4. The summed E-state index contributed by atoms with van der Waals surface area (Å²) in [5.41, 5.74) is 3.43. The summed E-state index contributed by atoms with van der Waals surface area (Å²) in [4.78, 5) is 30.0. The van der Waals surface area contributed by atoms with E-state index in [1.54, 1.807) is 19.5 Å². The topological polar surface area (TPSA) is 133 Å². The number of ether oxygens (including phenoxy) is 1. The summed E-state index contributed by atoms with van der Waals surface area (Å²) in [6.45, 7) is 7.96. The van der Waals surface area contributed by atoms with Crippen molar-refractivity contribution >= 4 is 44.0 Å². The number of H-pyrrole nitrogens is 1. The number of anilines is 3. The fourth-order valence-corrected chi connectivity index (χ4v) is 6.43. The van der Waals surface area contributed by atoms with Crippen LogP contribution in [0.15, 0.2) is 53.7 Å². The monoisotopic (exact) mass is 623 g/mol. The number of methoxy groups -OCH3 is 1. The summed E-state index contributed by atoms with van der Waals surface area (Å²) in [5, 5.41) is 6.75. The summed E-state index contributed by atoms with van der Waals surface area (Å²) in [7, 11) is -0.0516. The van der Waals surface area contributed by atoms with Crippen LogP contribution in [0.5, 0.6) is 0 Å². The zero-order chi connectivity index (χ0) is 31.8. The molecule has 44 heavy (non-hydrogen) atoms. The second kappa shape index (κ2) is 12.6. The number of benzene rings is 2. The molecule has 1 saturated heterocycles. The average Bonchev–Trinajstić information content (AvgIpc) is 3.40. The Morgan fingerprint density at radius 1 is 1.16 bits per heavy atom. The van der Waals surface area contributed by atoms with Crippen LogP contribution in [-0.2, 0) is 19.4 Å². The van der Waals surface area contributed by atoms with E-state index in [0.717, 1.165) is 41.4 Å². The molecule has 3 N–H and O–H groups in total. The maximum atomic E-state index is 15.0. The Bertz CT molecular complexity index is 1780. The van der Waals surface area contributed by atoms with Crippen LogP contribution in [0.25, 0.3) is 22.2 Å². The quantitative estimate of drug-likeness (QED) is 0.251. The number of nitrogens with one attached hydrogen (secondary N) is 3. The number of carbonyl (C=O) groups is 1. The van der Waals surface area contributed by atoms with Crippen molar-refractivity contribution in [2.45, 2.75) is 43.8 Å². The van der Waals surface area contributed by atoms with E-state index in [2.05, 4.69) is 56.3 Å². The van der Waals surface area contributed by atoms with Gasteiger partial charge in [0.25, 0.3) is 0 Å². The maximum Gasteiger partial charge on any atom is 0.244 e. The number of aryl methyl sites for hydroxylation is 1. The lowest BCUT2D eigenvalue weighted by Gasteiger charge is -2.44. The predicted octanol–water partition coefficient (Wildman–Crippen LogP) is 4.20. The number of halogens is 1. The number of hydrogen-bond donors (Lipinski definition) is 3. The number of amides is 1. The molecule has 3 atom stereocenters. The number of aromatic amines is 1. The first kappa shape index (κ1) is 31.5. The standard InChI is InChI=1S/C31H38FN7O4S/c1-18-13-34-31(36-23-10-8-12-26(27(23)32)44(6,41)42)37-28(18)22-14-33-29-21(22)9-7-11-24(29)35-30(40)25(17-43-5)39-15-19(2)38(4)20(3)16-39/h7-14,19-20,25,33H,15-17H2,1-6H3,(H,35,40)(H,34,36,37)/t19-,20-,25-/m0/s1. The van der Waals surface area contributed by atoms with Gasteiger partial charge in [0.2, 0.25) is 11.9 Å². The van der Waals surface area contributed by atoms with Gasteiger partial charge in [0, 0.05) is 61.9 Å². The molecule has 1 aliphatic rings. The molecule has 5 rings (SSSR count). The lowest BCUT2D eigenvalue weighted by molar-refractivity contribution is -0.125. The van der Waals surface area contributed by atoms with Crippen LogP contribution in [0, 0.1) is 12.7 Å². The Kier molecular flexibility index (Phi) is 9.02. The van der Waals surface area contributed by atoms with Crippen molar-refractivity contribution in [2.75, 3.05) is 50.7 Å². The van der Waals surface area contributed by atoms with Crippen LogP contribution in [0.3, 0.4) is 0 Å². The summed E-state index contributed by atoms with van der Waals surface area (Å²) in [6.07, 6.45) is 4.37. The van der Waals surface area contributed by atoms with Crippen molar-refractivity contribution < 1.29 is 22.3 Å². The molecule has 11 nitrogen and oxygen atoms in total. The molecule has 4 aromatic rings. The van der Waals surface area contributed by atoms with Crippen LogP contribution in [0.2, 0.25) is 0 Å². The van der Waals surface area contributed by atoms with E-state index in [1.807, 2.05) is 25.1 Å². The number of likely N-dealkylation sites (N-methyl/N-ethyl adjacent to an activating group) is 1. The van der Waals surface area contributed by atoms with Gasteiger partial charge in [-0.15, -0.1) is 0 Å². The van der Waals surface area contributed by atoms with Gasteiger partial charge in [0.1, 0.15) is 10.9 Å². The van der Waals surface area contributed by atoms with Crippen molar-refractivity contribution in [2.24, 2.45) is 0 Å². The largest absolute Gasteiger partial charge is 0.383 e. The van der Waals surface area contributed by atoms with Crippen molar-refractivity contribution in [1.82, 2.24) is 24.8 Å². The Hall–Kier alpha value is -3.91. The fourth-order valence-electron chi connectivity index (χ4n) is 5.66. The third-order valence-electron chi connectivity index (χ3n) is 8.27. The van der Waals surface area contributed by atoms with E-state index in [9.17, 15) is 17.6 Å². The molecule has 1 amide bonds. The van der Waals surface area contributed by atoms with Crippen molar-refractivity contribution in [1.29, 1.82) is 0 Å². The number of hydrogen-bond acceptors (Lipinski definition) is 9. The number of nitrogens with zero attached hydrogens (tertiary/aromatic N) is 4. The lowest BCUT2D eigenvalue weighted by Crippen LogP contribution is -2.60. The van der Waals surface area contributed by atoms with E-state index in [-0.39, 0.29) is 24.1 Å². The zero-order valence-electron chi connectivity index (χ0n) is 25.7. The smallest absolute Gasteiger partial charge is 0.244 e. The Labute approximate surface area is 256 Å².